The van der Waals surface area contributed by atoms with Gasteiger partial charge in [-0.15, -0.1) is 0 Å². The first kappa shape index (κ1) is 15.2. The normalized spacial score (nSPS) is 26.9. The zero-order chi connectivity index (χ0) is 13.6. The van der Waals surface area contributed by atoms with Gasteiger partial charge in [0.25, 0.3) is 0 Å². The molecule has 0 saturated heterocycles. The highest BCUT2D eigenvalue weighted by Crippen LogP contribution is 2.44. The molecule has 1 unspecified atom stereocenters. The number of hydrogen-bond acceptors (Lipinski definition) is 3. The number of carbonyl (C=O) groups excluding carboxylic acids is 1. The van der Waals surface area contributed by atoms with Crippen molar-refractivity contribution in [2.75, 3.05) is 13.2 Å². The summed E-state index contributed by atoms with van der Waals surface area (Å²) in [4.78, 5) is 12.4. The number of nitrogens with zero attached hydrogens (tertiary/aromatic N) is 1. The molecule has 1 fully saturated rings. The number of unbranched alkanes of at least 4 members (excludes halogenated alkanes) is 1. The zero-order valence-corrected chi connectivity index (χ0v) is 11.9. The van der Waals surface area contributed by atoms with E-state index in [9.17, 15) is 10.1 Å². The molecule has 18 heavy (non-hydrogen) atoms. The third kappa shape index (κ3) is 3.32. The average molecular weight is 251 g/mol. The molecule has 0 aliphatic heterocycles. The summed E-state index contributed by atoms with van der Waals surface area (Å²) >= 11 is 0. The third-order valence-corrected chi connectivity index (χ3v) is 3.98. The second-order valence-corrected chi connectivity index (χ2v) is 5.98. The Labute approximate surface area is 111 Å². The third-order valence-electron chi connectivity index (χ3n) is 3.98. The van der Waals surface area contributed by atoms with Crippen LogP contribution in [0.15, 0.2) is 0 Å². The number of hydrogen-bond donors (Lipinski definition) is 0. The maximum absolute atomic E-state index is 12.4. The lowest BCUT2D eigenvalue weighted by molar-refractivity contribution is -0.139. The number of rotatable bonds is 6. The predicted molar refractivity (Wildman–Crippen MR) is 71.0 cm³/mol. The van der Waals surface area contributed by atoms with E-state index < -0.39 is 5.41 Å². The first-order valence-corrected chi connectivity index (χ1v) is 7.02. The topological polar surface area (TPSA) is 50.1 Å². The zero-order valence-electron chi connectivity index (χ0n) is 11.9. The molecule has 0 aromatic heterocycles. The van der Waals surface area contributed by atoms with Gasteiger partial charge in [-0.3, -0.25) is 4.79 Å². The van der Waals surface area contributed by atoms with Crippen LogP contribution in [0.4, 0.5) is 0 Å². The molecule has 0 aromatic rings. The van der Waals surface area contributed by atoms with E-state index in [4.69, 9.17) is 4.74 Å². The highest BCUT2D eigenvalue weighted by atomic mass is 16.5. The van der Waals surface area contributed by atoms with Crippen LogP contribution in [-0.4, -0.2) is 19.0 Å². The molecule has 102 valence electrons. The second-order valence-electron chi connectivity index (χ2n) is 5.98. The van der Waals surface area contributed by atoms with Crippen LogP contribution >= 0.6 is 0 Å². The fraction of sp³-hybridized carbons (Fsp3) is 0.867. The Morgan fingerprint density at radius 3 is 2.67 bits per heavy atom. The molecule has 0 heterocycles. The predicted octanol–water partition coefficient (Wildman–Crippen LogP) is 3.48. The minimum Gasteiger partial charge on any atom is -0.381 e. The van der Waals surface area contributed by atoms with Crippen LogP contribution in [0.2, 0.25) is 0 Å². The first-order valence-electron chi connectivity index (χ1n) is 7.02. The molecule has 3 nitrogen and oxygen atoms in total. The summed E-state index contributed by atoms with van der Waals surface area (Å²) in [6.45, 7) is 7.29. The summed E-state index contributed by atoms with van der Waals surface area (Å²) in [5.41, 5.74) is -1.15. The van der Waals surface area contributed by atoms with Gasteiger partial charge in [0.05, 0.1) is 6.07 Å². The van der Waals surface area contributed by atoms with Gasteiger partial charge in [-0.05, 0) is 25.7 Å². The summed E-state index contributed by atoms with van der Waals surface area (Å²) in [5.74, 6) is 0.114. The molecule has 0 bridgehead atoms. The van der Waals surface area contributed by atoms with E-state index in [-0.39, 0.29) is 11.2 Å². The van der Waals surface area contributed by atoms with E-state index in [1.807, 2.05) is 13.8 Å². The molecular formula is C15H25NO2. The Hall–Kier alpha value is -0.880. The van der Waals surface area contributed by atoms with Crippen LogP contribution in [-0.2, 0) is 9.53 Å². The lowest BCUT2D eigenvalue weighted by Crippen LogP contribution is -2.44. The van der Waals surface area contributed by atoms with Crippen LogP contribution in [0.1, 0.15) is 59.3 Å². The first-order chi connectivity index (χ1) is 8.48. The highest BCUT2D eigenvalue weighted by Gasteiger charge is 2.48. The summed E-state index contributed by atoms with van der Waals surface area (Å²) in [5, 5.41) is 9.42. The van der Waals surface area contributed by atoms with Crippen LogP contribution in [0.3, 0.4) is 0 Å². The molecule has 1 saturated carbocycles. The minimum atomic E-state index is -0.798. The van der Waals surface area contributed by atoms with E-state index in [0.717, 1.165) is 32.3 Å². The molecule has 1 aliphatic carbocycles. The average Bonchev–Trinajstić information content (AvgIpc) is 2.34. The van der Waals surface area contributed by atoms with E-state index in [0.29, 0.717) is 19.4 Å². The van der Waals surface area contributed by atoms with E-state index in [1.165, 1.54) is 0 Å². The van der Waals surface area contributed by atoms with Gasteiger partial charge in [0, 0.05) is 18.6 Å². The Morgan fingerprint density at radius 2 is 2.06 bits per heavy atom. The standard InChI is InChI=1S/C15H25NO2/c1-4-5-10-18-11-9-15(12-16)8-6-7-14(2,3)13(15)17/h4-11H2,1-3H3. The van der Waals surface area contributed by atoms with E-state index in [1.54, 1.807) is 0 Å². The number of nitriles is 1. The fourth-order valence-electron chi connectivity index (χ4n) is 2.70. The minimum absolute atomic E-state index is 0.114. The van der Waals surface area contributed by atoms with Crippen LogP contribution in [0.5, 0.6) is 0 Å². The summed E-state index contributed by atoms with van der Waals surface area (Å²) < 4.78 is 5.52. The van der Waals surface area contributed by atoms with Crippen LogP contribution in [0.25, 0.3) is 0 Å². The van der Waals surface area contributed by atoms with Gasteiger partial charge in [-0.2, -0.15) is 5.26 Å². The lowest BCUT2D eigenvalue weighted by Gasteiger charge is -2.38. The molecule has 1 rings (SSSR count). The van der Waals surface area contributed by atoms with Crippen molar-refractivity contribution in [2.24, 2.45) is 10.8 Å². The summed E-state index contributed by atoms with van der Waals surface area (Å²) in [6.07, 6.45) is 5.25. The largest absolute Gasteiger partial charge is 0.381 e. The maximum Gasteiger partial charge on any atom is 0.158 e. The fourth-order valence-corrected chi connectivity index (χ4v) is 2.70. The quantitative estimate of drug-likeness (QED) is 0.679. The molecule has 0 spiro atoms. The second kappa shape index (κ2) is 6.33. The van der Waals surface area contributed by atoms with Crippen molar-refractivity contribution >= 4 is 5.78 Å². The number of Topliss-reactive ketones (excluding diaryl/α,β-unsaturated/α-hetero) is 1. The lowest BCUT2D eigenvalue weighted by atomic mass is 9.62. The van der Waals surface area contributed by atoms with Gasteiger partial charge in [0.1, 0.15) is 5.41 Å². The Morgan fingerprint density at radius 1 is 1.33 bits per heavy atom. The molecule has 0 radical (unpaired) electrons. The van der Waals surface area contributed by atoms with Crippen molar-refractivity contribution in [3.8, 4) is 6.07 Å². The maximum atomic E-state index is 12.4. The molecule has 0 amide bonds. The van der Waals surface area contributed by atoms with Crippen molar-refractivity contribution < 1.29 is 9.53 Å². The van der Waals surface area contributed by atoms with Crippen molar-refractivity contribution in [2.45, 2.75) is 59.3 Å². The molecule has 1 atom stereocenters. The van der Waals surface area contributed by atoms with Crippen molar-refractivity contribution in [1.82, 2.24) is 0 Å². The Kier molecular flexibility index (Phi) is 5.34. The number of ketones is 1. The SMILES string of the molecule is CCCCOCCC1(C#N)CCCC(C)(C)C1=O. The van der Waals surface area contributed by atoms with Crippen molar-refractivity contribution in [1.29, 1.82) is 5.26 Å². The van der Waals surface area contributed by atoms with Gasteiger partial charge in [-0.1, -0.05) is 33.6 Å². The number of ether oxygens (including phenoxy) is 1. The van der Waals surface area contributed by atoms with E-state index in [2.05, 4.69) is 13.0 Å². The van der Waals surface area contributed by atoms with Crippen LogP contribution in [0, 0.1) is 22.2 Å². The summed E-state index contributed by atoms with van der Waals surface area (Å²) in [7, 11) is 0. The van der Waals surface area contributed by atoms with Gasteiger partial charge < -0.3 is 4.74 Å². The van der Waals surface area contributed by atoms with Gasteiger partial charge in [-0.25, -0.2) is 0 Å². The van der Waals surface area contributed by atoms with Gasteiger partial charge in [0.2, 0.25) is 0 Å². The molecular weight excluding hydrogens is 226 g/mol. The van der Waals surface area contributed by atoms with Gasteiger partial charge in [0.15, 0.2) is 5.78 Å². The number of carbonyl (C=O) groups is 1. The molecule has 3 heteroatoms. The monoisotopic (exact) mass is 251 g/mol. The molecule has 0 aromatic carbocycles. The van der Waals surface area contributed by atoms with Crippen LogP contribution < -0.4 is 0 Å². The van der Waals surface area contributed by atoms with Crippen molar-refractivity contribution in [3.05, 3.63) is 0 Å². The smallest absolute Gasteiger partial charge is 0.158 e. The van der Waals surface area contributed by atoms with Crippen molar-refractivity contribution in [3.63, 3.8) is 0 Å². The highest BCUT2D eigenvalue weighted by molar-refractivity contribution is 5.92. The molecule has 0 N–H and O–H groups in total. The Balaban J connectivity index is 2.57. The van der Waals surface area contributed by atoms with E-state index >= 15 is 0 Å². The Bertz CT molecular complexity index is 330. The molecule has 1 aliphatic rings. The summed E-state index contributed by atoms with van der Waals surface area (Å²) in [6, 6.07) is 2.28. The van der Waals surface area contributed by atoms with Gasteiger partial charge >= 0.3 is 0 Å².